The van der Waals surface area contributed by atoms with Crippen molar-refractivity contribution in [2.24, 2.45) is 0 Å². The van der Waals surface area contributed by atoms with Crippen LogP contribution in [0.2, 0.25) is 0 Å². The molecule has 4 heteroatoms. The Morgan fingerprint density at radius 1 is 0.929 bits per heavy atom. The van der Waals surface area contributed by atoms with Gasteiger partial charge < -0.3 is 11.5 Å². The summed E-state index contributed by atoms with van der Waals surface area (Å²) in [6.07, 6.45) is 3.32. The Morgan fingerprint density at radius 3 is 2.21 bits per heavy atom. The van der Waals surface area contributed by atoms with Gasteiger partial charge in [-0.05, 0) is 6.07 Å². The van der Waals surface area contributed by atoms with Crippen LogP contribution in [0, 0.1) is 0 Å². The quantitative estimate of drug-likeness (QED) is 0.658. The fourth-order valence-electron chi connectivity index (χ4n) is 1.24. The van der Waals surface area contributed by atoms with Crippen molar-refractivity contribution in [1.82, 2.24) is 9.97 Å². The Balaban J connectivity index is 2.50. The maximum Gasteiger partial charge on any atom is 0.219 e. The van der Waals surface area contributed by atoms with Crippen LogP contribution in [-0.2, 0) is 0 Å². The average Bonchev–Trinajstić information content (AvgIpc) is 2.20. The predicted molar refractivity (Wildman–Crippen MR) is 56.3 cm³/mol. The van der Waals surface area contributed by atoms with Crippen LogP contribution in [0.5, 0.6) is 0 Å². The molecule has 0 aliphatic heterocycles. The molecule has 0 unspecified atom stereocenters. The molecular weight excluding hydrogens is 176 g/mol. The van der Waals surface area contributed by atoms with Crippen LogP contribution in [0.15, 0.2) is 36.7 Å². The van der Waals surface area contributed by atoms with Crippen molar-refractivity contribution in [3.63, 3.8) is 0 Å². The standard InChI is InChI=1S/C10H10N4/c11-9-4-2-1-3-8(9)7-5-13-10(12)14-6-7/h1-6H,11H2,(H2,12,13,14). The lowest BCUT2D eigenvalue weighted by Crippen LogP contribution is -1.95. The van der Waals surface area contributed by atoms with Crippen molar-refractivity contribution in [3.8, 4) is 11.1 Å². The summed E-state index contributed by atoms with van der Waals surface area (Å²) in [6.45, 7) is 0. The van der Waals surface area contributed by atoms with Crippen LogP contribution in [0.4, 0.5) is 11.6 Å². The molecule has 70 valence electrons. The van der Waals surface area contributed by atoms with Crippen LogP contribution in [-0.4, -0.2) is 9.97 Å². The average molecular weight is 186 g/mol. The highest BCUT2D eigenvalue weighted by atomic mass is 15.0. The van der Waals surface area contributed by atoms with Gasteiger partial charge in [-0.25, -0.2) is 9.97 Å². The largest absolute Gasteiger partial charge is 0.398 e. The zero-order chi connectivity index (χ0) is 9.97. The second-order valence-electron chi connectivity index (χ2n) is 2.92. The van der Waals surface area contributed by atoms with E-state index in [2.05, 4.69) is 9.97 Å². The third-order valence-corrected chi connectivity index (χ3v) is 1.94. The number of hydrogen-bond acceptors (Lipinski definition) is 4. The molecule has 4 nitrogen and oxygen atoms in total. The number of nitrogen functional groups attached to an aromatic ring is 2. The minimum absolute atomic E-state index is 0.267. The summed E-state index contributed by atoms with van der Waals surface area (Å²) in [5.41, 5.74) is 13.7. The molecule has 1 aromatic carbocycles. The number of benzene rings is 1. The Hall–Kier alpha value is -2.10. The first-order valence-corrected chi connectivity index (χ1v) is 4.20. The fraction of sp³-hybridized carbons (Fsp3) is 0. The lowest BCUT2D eigenvalue weighted by Gasteiger charge is -2.03. The normalized spacial score (nSPS) is 10.0. The van der Waals surface area contributed by atoms with Gasteiger partial charge in [-0.15, -0.1) is 0 Å². The SMILES string of the molecule is Nc1ncc(-c2ccccc2N)cn1. The molecule has 0 radical (unpaired) electrons. The minimum atomic E-state index is 0.267. The van der Waals surface area contributed by atoms with Crippen molar-refractivity contribution >= 4 is 11.6 Å². The van der Waals surface area contributed by atoms with Crippen LogP contribution in [0.25, 0.3) is 11.1 Å². The van der Waals surface area contributed by atoms with E-state index in [-0.39, 0.29) is 5.95 Å². The summed E-state index contributed by atoms with van der Waals surface area (Å²) in [4.78, 5) is 7.82. The maximum absolute atomic E-state index is 5.80. The third-order valence-electron chi connectivity index (χ3n) is 1.94. The van der Waals surface area contributed by atoms with Gasteiger partial charge in [-0.1, -0.05) is 18.2 Å². The molecule has 0 aliphatic carbocycles. The Labute approximate surface area is 81.6 Å². The summed E-state index contributed by atoms with van der Waals surface area (Å²) in [5.74, 6) is 0.267. The minimum Gasteiger partial charge on any atom is -0.398 e. The number of aromatic nitrogens is 2. The first-order chi connectivity index (χ1) is 6.77. The highest BCUT2D eigenvalue weighted by molar-refractivity contribution is 5.75. The Morgan fingerprint density at radius 2 is 1.57 bits per heavy atom. The summed E-state index contributed by atoms with van der Waals surface area (Å²) in [5, 5.41) is 0. The molecule has 4 N–H and O–H groups in total. The second-order valence-corrected chi connectivity index (χ2v) is 2.92. The molecule has 0 atom stereocenters. The van der Waals surface area contributed by atoms with Crippen LogP contribution >= 0.6 is 0 Å². The number of hydrogen-bond donors (Lipinski definition) is 2. The number of nitrogens with zero attached hydrogens (tertiary/aromatic N) is 2. The van der Waals surface area contributed by atoms with Gasteiger partial charge in [0.1, 0.15) is 0 Å². The lowest BCUT2D eigenvalue weighted by molar-refractivity contribution is 1.19. The number of para-hydroxylation sites is 1. The summed E-state index contributed by atoms with van der Waals surface area (Å²) in [6, 6.07) is 7.56. The topological polar surface area (TPSA) is 77.8 Å². The lowest BCUT2D eigenvalue weighted by atomic mass is 10.1. The first kappa shape index (κ1) is 8.50. The van der Waals surface area contributed by atoms with Gasteiger partial charge in [0.15, 0.2) is 0 Å². The zero-order valence-electron chi connectivity index (χ0n) is 7.51. The highest BCUT2D eigenvalue weighted by Gasteiger charge is 2.01. The summed E-state index contributed by atoms with van der Waals surface area (Å²) in [7, 11) is 0. The van der Waals surface area contributed by atoms with Crippen LogP contribution < -0.4 is 11.5 Å². The summed E-state index contributed by atoms with van der Waals surface area (Å²) >= 11 is 0. The van der Waals surface area contributed by atoms with Gasteiger partial charge in [0.05, 0.1) is 0 Å². The van der Waals surface area contributed by atoms with E-state index >= 15 is 0 Å². The van der Waals surface area contributed by atoms with Crippen molar-refractivity contribution in [3.05, 3.63) is 36.7 Å². The molecule has 0 amide bonds. The van der Waals surface area contributed by atoms with Gasteiger partial charge in [-0.2, -0.15) is 0 Å². The van der Waals surface area contributed by atoms with E-state index in [9.17, 15) is 0 Å². The predicted octanol–water partition coefficient (Wildman–Crippen LogP) is 1.31. The van der Waals surface area contributed by atoms with Gasteiger partial charge in [0.2, 0.25) is 5.95 Å². The molecule has 14 heavy (non-hydrogen) atoms. The molecular formula is C10H10N4. The smallest absolute Gasteiger partial charge is 0.219 e. The van der Waals surface area contributed by atoms with E-state index in [0.29, 0.717) is 5.69 Å². The molecule has 1 heterocycles. The van der Waals surface area contributed by atoms with Crippen molar-refractivity contribution in [1.29, 1.82) is 0 Å². The van der Waals surface area contributed by atoms with Crippen molar-refractivity contribution in [2.45, 2.75) is 0 Å². The molecule has 0 aliphatic rings. The Kier molecular flexibility index (Phi) is 2.02. The van der Waals surface area contributed by atoms with E-state index in [1.807, 2.05) is 24.3 Å². The van der Waals surface area contributed by atoms with Gasteiger partial charge in [0.25, 0.3) is 0 Å². The second kappa shape index (κ2) is 3.33. The fourth-order valence-corrected chi connectivity index (χ4v) is 1.24. The van der Waals surface area contributed by atoms with Crippen LogP contribution in [0.3, 0.4) is 0 Å². The number of nitrogens with two attached hydrogens (primary N) is 2. The van der Waals surface area contributed by atoms with E-state index < -0.39 is 0 Å². The molecule has 0 saturated carbocycles. The molecule has 1 aromatic heterocycles. The van der Waals surface area contributed by atoms with Crippen LogP contribution in [0.1, 0.15) is 0 Å². The van der Waals surface area contributed by atoms with Gasteiger partial charge in [0, 0.05) is 29.2 Å². The van der Waals surface area contributed by atoms with E-state index in [1.165, 1.54) is 0 Å². The van der Waals surface area contributed by atoms with E-state index in [1.54, 1.807) is 12.4 Å². The van der Waals surface area contributed by atoms with Gasteiger partial charge in [-0.3, -0.25) is 0 Å². The first-order valence-electron chi connectivity index (χ1n) is 4.20. The number of rotatable bonds is 1. The van der Waals surface area contributed by atoms with Crippen molar-refractivity contribution in [2.75, 3.05) is 11.5 Å². The third kappa shape index (κ3) is 1.50. The molecule has 0 fully saturated rings. The van der Waals surface area contributed by atoms with Gasteiger partial charge >= 0.3 is 0 Å². The molecule has 0 spiro atoms. The molecule has 0 bridgehead atoms. The Bertz CT molecular complexity index is 436. The highest BCUT2D eigenvalue weighted by Crippen LogP contribution is 2.23. The molecule has 2 aromatic rings. The van der Waals surface area contributed by atoms with E-state index in [4.69, 9.17) is 11.5 Å². The maximum atomic E-state index is 5.80. The van der Waals surface area contributed by atoms with E-state index in [0.717, 1.165) is 11.1 Å². The van der Waals surface area contributed by atoms with Crippen molar-refractivity contribution < 1.29 is 0 Å². The zero-order valence-corrected chi connectivity index (χ0v) is 7.51. The summed E-state index contributed by atoms with van der Waals surface area (Å²) < 4.78 is 0. The monoisotopic (exact) mass is 186 g/mol. The molecule has 2 rings (SSSR count). The molecule has 0 saturated heterocycles. The number of anilines is 2.